The maximum absolute atomic E-state index is 12.2. The third kappa shape index (κ3) is 3.74. The topological polar surface area (TPSA) is 78.9 Å². The minimum absolute atomic E-state index is 0.178. The normalized spacial score (nSPS) is 20.1. The largest absolute Gasteiger partial charge is 0.489 e. The number of hydrogen-bond donors (Lipinski definition) is 0. The molecule has 0 radical (unpaired) electrons. The molecule has 6 nitrogen and oxygen atoms in total. The van der Waals surface area contributed by atoms with E-state index in [0.29, 0.717) is 35.3 Å². The van der Waals surface area contributed by atoms with Crippen molar-refractivity contribution in [2.24, 2.45) is 5.92 Å². The fourth-order valence-corrected chi connectivity index (χ4v) is 2.80. The van der Waals surface area contributed by atoms with Crippen LogP contribution in [0.2, 0.25) is 5.02 Å². The van der Waals surface area contributed by atoms with Crippen molar-refractivity contribution in [2.45, 2.75) is 13.3 Å². The number of allylic oxidation sites excluding steroid dienone is 3. The van der Waals surface area contributed by atoms with Crippen LogP contribution in [0.15, 0.2) is 30.0 Å². The molecule has 2 aliphatic heterocycles. The lowest BCUT2D eigenvalue weighted by Gasteiger charge is -2.15. The fraction of sp³-hybridized carbons (Fsp3) is 0.278. The Labute approximate surface area is 149 Å². The number of hydrogen-bond acceptors (Lipinski definition) is 6. The van der Waals surface area contributed by atoms with E-state index in [1.807, 2.05) is 0 Å². The van der Waals surface area contributed by atoms with Gasteiger partial charge in [0.15, 0.2) is 29.0 Å². The van der Waals surface area contributed by atoms with Crippen LogP contribution in [-0.4, -0.2) is 30.7 Å². The van der Waals surface area contributed by atoms with Crippen LogP contribution in [0.1, 0.15) is 18.9 Å². The minimum atomic E-state index is -1.46. The number of carbonyl (C=O) groups excluding carboxylic acids is 3. The summed E-state index contributed by atoms with van der Waals surface area (Å²) in [7, 11) is 0. The summed E-state index contributed by atoms with van der Waals surface area (Å²) in [6.07, 6.45) is 4.51. The molecular weight excluding hydrogens is 348 g/mol. The summed E-state index contributed by atoms with van der Waals surface area (Å²) in [6, 6.07) is 3.30. The Morgan fingerprint density at radius 2 is 2.00 bits per heavy atom. The number of halogens is 1. The van der Waals surface area contributed by atoms with Gasteiger partial charge in [-0.2, -0.15) is 0 Å². The second kappa shape index (κ2) is 7.11. The molecule has 0 bridgehead atoms. The standard InChI is InChI=1S/C18H15ClO6/c1-10-7-14(21)16(18(22)25-10)13(20)4-3-11-8-12(19)17-15(9-11)23-5-2-6-24-17/h3-4,7-9,16H,2,5-6H2,1H3/b4-3+. The molecule has 0 spiro atoms. The monoisotopic (exact) mass is 362 g/mol. The number of benzene rings is 1. The summed E-state index contributed by atoms with van der Waals surface area (Å²) < 4.78 is 15.9. The molecule has 1 aromatic carbocycles. The van der Waals surface area contributed by atoms with Crippen molar-refractivity contribution in [1.29, 1.82) is 0 Å². The highest BCUT2D eigenvalue weighted by Gasteiger charge is 2.36. The van der Waals surface area contributed by atoms with Crippen molar-refractivity contribution in [3.63, 3.8) is 0 Å². The van der Waals surface area contributed by atoms with Crippen LogP contribution in [0, 0.1) is 5.92 Å². The Morgan fingerprint density at radius 3 is 2.76 bits per heavy atom. The highest BCUT2D eigenvalue weighted by Crippen LogP contribution is 2.38. The van der Waals surface area contributed by atoms with Gasteiger partial charge in [-0.1, -0.05) is 17.7 Å². The molecule has 2 aliphatic rings. The number of ketones is 2. The first-order chi connectivity index (χ1) is 12.0. The summed E-state index contributed by atoms with van der Waals surface area (Å²) >= 11 is 6.19. The highest BCUT2D eigenvalue weighted by atomic mass is 35.5. The molecule has 2 heterocycles. The van der Waals surface area contributed by atoms with Crippen LogP contribution in [0.3, 0.4) is 0 Å². The number of fused-ring (bicyclic) bond motifs is 1. The highest BCUT2D eigenvalue weighted by molar-refractivity contribution is 6.32. The molecule has 1 unspecified atom stereocenters. The zero-order valence-electron chi connectivity index (χ0n) is 13.4. The number of esters is 1. The molecule has 7 heteroatoms. The average Bonchev–Trinajstić information content (AvgIpc) is 2.77. The Morgan fingerprint density at radius 1 is 1.24 bits per heavy atom. The quantitative estimate of drug-likeness (QED) is 0.467. The zero-order valence-corrected chi connectivity index (χ0v) is 14.2. The molecule has 0 saturated heterocycles. The lowest BCUT2D eigenvalue weighted by atomic mass is 9.96. The van der Waals surface area contributed by atoms with Gasteiger partial charge < -0.3 is 14.2 Å². The van der Waals surface area contributed by atoms with Gasteiger partial charge in [0, 0.05) is 12.5 Å². The summed E-state index contributed by atoms with van der Waals surface area (Å²) in [5.74, 6) is -2.43. The molecule has 0 saturated carbocycles. The van der Waals surface area contributed by atoms with Crippen molar-refractivity contribution in [1.82, 2.24) is 0 Å². The molecule has 1 aromatic rings. The van der Waals surface area contributed by atoms with E-state index in [9.17, 15) is 14.4 Å². The van der Waals surface area contributed by atoms with E-state index >= 15 is 0 Å². The van der Waals surface area contributed by atoms with Crippen molar-refractivity contribution < 1.29 is 28.6 Å². The molecule has 0 aromatic heterocycles. The minimum Gasteiger partial charge on any atom is -0.489 e. The summed E-state index contributed by atoms with van der Waals surface area (Å²) in [5.41, 5.74) is 0.589. The molecule has 130 valence electrons. The van der Waals surface area contributed by atoms with E-state index in [2.05, 4.69) is 0 Å². The average molecular weight is 363 g/mol. The predicted molar refractivity (Wildman–Crippen MR) is 89.4 cm³/mol. The van der Waals surface area contributed by atoms with Crippen molar-refractivity contribution in [3.05, 3.63) is 40.6 Å². The summed E-state index contributed by atoms with van der Waals surface area (Å²) in [4.78, 5) is 35.8. The van der Waals surface area contributed by atoms with Crippen LogP contribution in [0.4, 0.5) is 0 Å². The first kappa shape index (κ1) is 17.2. The third-order valence-corrected chi connectivity index (χ3v) is 3.96. The summed E-state index contributed by atoms with van der Waals surface area (Å²) in [5, 5.41) is 0.359. The maximum atomic E-state index is 12.2. The molecule has 0 aliphatic carbocycles. The van der Waals surface area contributed by atoms with E-state index in [1.54, 1.807) is 12.1 Å². The first-order valence-corrected chi connectivity index (χ1v) is 8.08. The van der Waals surface area contributed by atoms with Gasteiger partial charge in [-0.05, 0) is 30.7 Å². The van der Waals surface area contributed by atoms with Gasteiger partial charge >= 0.3 is 5.97 Å². The molecule has 0 amide bonds. The van der Waals surface area contributed by atoms with E-state index in [0.717, 1.165) is 18.6 Å². The smallest absolute Gasteiger partial charge is 0.329 e. The second-order valence-corrected chi connectivity index (χ2v) is 6.03. The Bertz CT molecular complexity index is 808. The lowest BCUT2D eigenvalue weighted by Crippen LogP contribution is -2.34. The van der Waals surface area contributed by atoms with E-state index in [1.165, 1.54) is 13.0 Å². The van der Waals surface area contributed by atoms with Crippen LogP contribution in [0.5, 0.6) is 11.5 Å². The van der Waals surface area contributed by atoms with Crippen molar-refractivity contribution >= 4 is 35.2 Å². The number of carbonyl (C=O) groups is 3. The molecule has 3 rings (SSSR count). The van der Waals surface area contributed by atoms with Gasteiger partial charge in [-0.25, -0.2) is 0 Å². The van der Waals surface area contributed by atoms with Crippen LogP contribution in [0.25, 0.3) is 6.08 Å². The molecule has 25 heavy (non-hydrogen) atoms. The molecule has 1 atom stereocenters. The van der Waals surface area contributed by atoms with E-state index in [-0.39, 0.29) is 5.76 Å². The first-order valence-electron chi connectivity index (χ1n) is 7.70. The second-order valence-electron chi connectivity index (χ2n) is 5.63. The van der Waals surface area contributed by atoms with Gasteiger partial charge in [-0.3, -0.25) is 14.4 Å². The Balaban J connectivity index is 1.81. The van der Waals surface area contributed by atoms with Crippen molar-refractivity contribution in [2.75, 3.05) is 13.2 Å². The molecule has 0 fully saturated rings. The van der Waals surface area contributed by atoms with Gasteiger partial charge in [0.1, 0.15) is 5.76 Å². The van der Waals surface area contributed by atoms with Gasteiger partial charge in [0.25, 0.3) is 0 Å². The van der Waals surface area contributed by atoms with Gasteiger partial charge in [-0.15, -0.1) is 0 Å². The Hall–Kier alpha value is -2.60. The van der Waals surface area contributed by atoms with Crippen molar-refractivity contribution in [3.8, 4) is 11.5 Å². The molecular formula is C18H15ClO6. The van der Waals surface area contributed by atoms with Gasteiger partial charge in [0.05, 0.1) is 18.2 Å². The summed E-state index contributed by atoms with van der Waals surface area (Å²) in [6.45, 7) is 2.49. The number of rotatable bonds is 3. The van der Waals surface area contributed by atoms with E-state index in [4.69, 9.17) is 25.8 Å². The molecule has 0 N–H and O–H groups in total. The van der Waals surface area contributed by atoms with Crippen LogP contribution >= 0.6 is 11.6 Å². The third-order valence-electron chi connectivity index (χ3n) is 3.68. The van der Waals surface area contributed by atoms with E-state index < -0.39 is 23.5 Å². The zero-order chi connectivity index (χ0) is 18.0. The maximum Gasteiger partial charge on any atom is 0.329 e. The SMILES string of the molecule is CC1=CC(=O)C(C(=O)/C=C/c2cc(Cl)c3c(c2)OCCCO3)C(=O)O1. The number of cyclic esters (lactones) is 1. The number of ether oxygens (including phenoxy) is 3. The fourth-order valence-electron chi connectivity index (χ4n) is 2.52. The predicted octanol–water partition coefficient (Wildman–Crippen LogP) is 2.73. The Kier molecular flexibility index (Phi) is 4.90. The van der Waals surface area contributed by atoms with Gasteiger partial charge in [0.2, 0.25) is 0 Å². The van der Waals surface area contributed by atoms with Crippen LogP contribution in [-0.2, 0) is 19.1 Å². The lowest BCUT2D eigenvalue weighted by molar-refractivity contribution is -0.151. The van der Waals surface area contributed by atoms with Crippen LogP contribution < -0.4 is 9.47 Å².